The SMILES string of the molecule is Cc1cc(-n2ncc(C#N)c2NC(=O)c2cnn(-c3ccccc3)c2C)nc2c(C)cccc12. The number of nitrogens with zero attached hydrogens (tertiary/aromatic N) is 6. The fraction of sp³-hybridized carbons (Fsp3) is 0.115. The standard InChI is InChI=1S/C26H21N7O/c1-16-8-7-11-21-17(2)12-23(30-24(16)21)33-25(19(13-27)14-28-33)31-26(34)22-15-29-32(18(22)3)20-9-5-4-6-10-20/h4-12,14-15H,1-3H3,(H,31,34). The largest absolute Gasteiger partial charge is 0.305 e. The molecule has 166 valence electrons. The number of para-hydroxylation sites is 2. The number of carbonyl (C=O) groups excluding carboxylic acids is 1. The Morgan fingerprint density at radius 2 is 1.71 bits per heavy atom. The summed E-state index contributed by atoms with van der Waals surface area (Å²) in [6.45, 7) is 5.83. The molecule has 0 unspecified atom stereocenters. The lowest BCUT2D eigenvalue weighted by Gasteiger charge is -2.12. The van der Waals surface area contributed by atoms with Gasteiger partial charge in [-0.1, -0.05) is 36.4 Å². The average molecular weight is 448 g/mol. The molecule has 1 N–H and O–H groups in total. The van der Waals surface area contributed by atoms with Crippen molar-refractivity contribution in [1.82, 2.24) is 24.5 Å². The van der Waals surface area contributed by atoms with Crippen LogP contribution in [0.1, 0.15) is 32.7 Å². The predicted molar refractivity (Wildman–Crippen MR) is 129 cm³/mol. The fourth-order valence-corrected chi connectivity index (χ4v) is 4.01. The highest BCUT2D eigenvalue weighted by atomic mass is 16.1. The molecular weight excluding hydrogens is 426 g/mol. The predicted octanol–water partition coefficient (Wildman–Crippen LogP) is 4.66. The number of nitriles is 1. The van der Waals surface area contributed by atoms with Crippen LogP contribution in [0.4, 0.5) is 5.82 Å². The van der Waals surface area contributed by atoms with Gasteiger partial charge in [0, 0.05) is 5.39 Å². The van der Waals surface area contributed by atoms with E-state index in [-0.39, 0.29) is 17.3 Å². The molecule has 1 amide bonds. The zero-order chi connectivity index (χ0) is 23.8. The molecular formula is C26H21N7O. The molecule has 0 saturated carbocycles. The van der Waals surface area contributed by atoms with E-state index in [4.69, 9.17) is 4.98 Å². The quantitative estimate of drug-likeness (QED) is 0.432. The van der Waals surface area contributed by atoms with Crippen molar-refractivity contribution in [3.05, 3.63) is 94.9 Å². The molecule has 34 heavy (non-hydrogen) atoms. The third kappa shape index (κ3) is 3.49. The van der Waals surface area contributed by atoms with Gasteiger partial charge in [-0.25, -0.2) is 9.67 Å². The summed E-state index contributed by atoms with van der Waals surface area (Å²) in [7, 11) is 0. The van der Waals surface area contributed by atoms with Crippen LogP contribution >= 0.6 is 0 Å². The molecule has 0 radical (unpaired) electrons. The van der Waals surface area contributed by atoms with E-state index in [1.54, 1.807) is 4.68 Å². The summed E-state index contributed by atoms with van der Waals surface area (Å²) in [4.78, 5) is 18.0. The first kappa shape index (κ1) is 21.1. The van der Waals surface area contributed by atoms with Crippen LogP contribution in [0.3, 0.4) is 0 Å². The molecule has 0 bridgehead atoms. The first-order valence-electron chi connectivity index (χ1n) is 10.7. The Kier molecular flexibility index (Phi) is 5.15. The van der Waals surface area contributed by atoms with Crippen molar-refractivity contribution in [2.45, 2.75) is 20.8 Å². The minimum Gasteiger partial charge on any atom is -0.305 e. The van der Waals surface area contributed by atoms with Crippen LogP contribution in [0.2, 0.25) is 0 Å². The Labute approximate surface area is 196 Å². The van der Waals surface area contributed by atoms with E-state index in [0.717, 1.165) is 27.7 Å². The van der Waals surface area contributed by atoms with E-state index in [9.17, 15) is 10.1 Å². The summed E-state index contributed by atoms with van der Waals surface area (Å²) in [5, 5.41) is 22.3. The molecule has 8 nitrogen and oxygen atoms in total. The summed E-state index contributed by atoms with van der Waals surface area (Å²) in [6, 6.07) is 19.6. The first-order valence-corrected chi connectivity index (χ1v) is 10.7. The van der Waals surface area contributed by atoms with Gasteiger partial charge < -0.3 is 5.32 Å². The van der Waals surface area contributed by atoms with Gasteiger partial charge in [-0.05, 0) is 50.1 Å². The number of rotatable bonds is 4. The molecule has 0 atom stereocenters. The minimum absolute atomic E-state index is 0.241. The molecule has 3 heterocycles. The van der Waals surface area contributed by atoms with Crippen molar-refractivity contribution in [3.8, 4) is 17.6 Å². The lowest BCUT2D eigenvalue weighted by Crippen LogP contribution is -2.17. The smallest absolute Gasteiger partial charge is 0.260 e. The highest BCUT2D eigenvalue weighted by Gasteiger charge is 2.21. The van der Waals surface area contributed by atoms with Crippen molar-refractivity contribution in [3.63, 3.8) is 0 Å². The minimum atomic E-state index is -0.383. The van der Waals surface area contributed by atoms with E-state index < -0.39 is 0 Å². The number of nitrogens with one attached hydrogen (secondary N) is 1. The van der Waals surface area contributed by atoms with Crippen LogP contribution in [0.15, 0.2) is 67.0 Å². The molecule has 8 heteroatoms. The van der Waals surface area contributed by atoms with Gasteiger partial charge in [0.2, 0.25) is 0 Å². The second kappa shape index (κ2) is 8.30. The zero-order valence-corrected chi connectivity index (χ0v) is 18.9. The fourth-order valence-electron chi connectivity index (χ4n) is 4.01. The number of benzene rings is 2. The topological polar surface area (TPSA) is 101 Å². The van der Waals surface area contributed by atoms with E-state index in [2.05, 4.69) is 21.6 Å². The molecule has 5 aromatic rings. The van der Waals surface area contributed by atoms with E-state index in [1.807, 2.05) is 75.4 Å². The van der Waals surface area contributed by atoms with Gasteiger partial charge in [-0.3, -0.25) is 4.79 Å². The van der Waals surface area contributed by atoms with Gasteiger partial charge in [-0.15, -0.1) is 0 Å². The van der Waals surface area contributed by atoms with Crippen molar-refractivity contribution in [2.24, 2.45) is 0 Å². The summed E-state index contributed by atoms with van der Waals surface area (Å²) in [5.74, 6) is 0.402. The van der Waals surface area contributed by atoms with Gasteiger partial charge in [0.15, 0.2) is 11.6 Å². The van der Waals surface area contributed by atoms with Crippen LogP contribution in [0.5, 0.6) is 0 Å². The number of fused-ring (bicyclic) bond motifs is 1. The third-order valence-corrected chi connectivity index (χ3v) is 5.83. The summed E-state index contributed by atoms with van der Waals surface area (Å²) < 4.78 is 3.20. The molecule has 5 rings (SSSR count). The van der Waals surface area contributed by atoms with Crippen molar-refractivity contribution in [2.75, 3.05) is 5.32 Å². The van der Waals surface area contributed by atoms with E-state index in [0.29, 0.717) is 17.1 Å². The average Bonchev–Trinajstić information content (AvgIpc) is 3.43. The highest BCUT2D eigenvalue weighted by Crippen LogP contribution is 2.26. The van der Waals surface area contributed by atoms with Gasteiger partial charge in [0.05, 0.1) is 34.9 Å². The van der Waals surface area contributed by atoms with Crippen LogP contribution in [0, 0.1) is 32.1 Å². The lowest BCUT2D eigenvalue weighted by molar-refractivity contribution is 0.102. The molecule has 0 fully saturated rings. The summed E-state index contributed by atoms with van der Waals surface area (Å²) in [6.07, 6.45) is 2.95. The molecule has 0 aliphatic carbocycles. The molecule has 0 spiro atoms. The van der Waals surface area contributed by atoms with Crippen LogP contribution in [0.25, 0.3) is 22.4 Å². The maximum absolute atomic E-state index is 13.2. The normalized spacial score (nSPS) is 10.9. The number of aromatic nitrogens is 5. The monoisotopic (exact) mass is 447 g/mol. The Hall–Kier alpha value is -4.77. The van der Waals surface area contributed by atoms with E-state index in [1.165, 1.54) is 17.1 Å². The zero-order valence-electron chi connectivity index (χ0n) is 18.9. The number of pyridine rings is 1. The molecule has 0 aliphatic rings. The Morgan fingerprint density at radius 1 is 0.941 bits per heavy atom. The summed E-state index contributed by atoms with van der Waals surface area (Å²) >= 11 is 0. The van der Waals surface area contributed by atoms with Crippen LogP contribution < -0.4 is 5.32 Å². The second-order valence-corrected chi connectivity index (χ2v) is 8.04. The van der Waals surface area contributed by atoms with Gasteiger partial charge >= 0.3 is 0 Å². The number of aryl methyl sites for hydroxylation is 2. The van der Waals surface area contributed by atoms with E-state index >= 15 is 0 Å². The van der Waals surface area contributed by atoms with Crippen molar-refractivity contribution in [1.29, 1.82) is 5.26 Å². The Balaban J connectivity index is 1.55. The first-order chi connectivity index (χ1) is 16.5. The number of hydrogen-bond acceptors (Lipinski definition) is 5. The molecule has 0 saturated heterocycles. The van der Waals surface area contributed by atoms with Crippen molar-refractivity contribution < 1.29 is 4.79 Å². The summed E-state index contributed by atoms with van der Waals surface area (Å²) in [5.41, 5.74) is 5.09. The molecule has 0 aliphatic heterocycles. The van der Waals surface area contributed by atoms with Crippen molar-refractivity contribution >= 4 is 22.6 Å². The Bertz CT molecular complexity index is 1590. The second-order valence-electron chi connectivity index (χ2n) is 8.04. The molecule has 2 aromatic carbocycles. The third-order valence-electron chi connectivity index (χ3n) is 5.83. The van der Waals surface area contributed by atoms with Gasteiger partial charge in [0.25, 0.3) is 5.91 Å². The highest BCUT2D eigenvalue weighted by molar-refractivity contribution is 6.05. The van der Waals surface area contributed by atoms with Gasteiger partial charge in [0.1, 0.15) is 11.6 Å². The maximum atomic E-state index is 13.2. The Morgan fingerprint density at radius 3 is 2.47 bits per heavy atom. The lowest BCUT2D eigenvalue weighted by atomic mass is 10.1. The maximum Gasteiger partial charge on any atom is 0.260 e. The number of amides is 1. The number of hydrogen-bond donors (Lipinski definition) is 1. The van der Waals surface area contributed by atoms with Crippen LogP contribution in [-0.4, -0.2) is 30.5 Å². The number of anilines is 1. The van der Waals surface area contributed by atoms with Gasteiger partial charge in [-0.2, -0.15) is 20.1 Å². The molecule has 3 aromatic heterocycles. The van der Waals surface area contributed by atoms with Crippen LogP contribution in [-0.2, 0) is 0 Å². The number of carbonyl (C=O) groups is 1.